The average Bonchev–Trinajstić information content (AvgIpc) is 2.78. The maximum atomic E-state index is 13.0. The summed E-state index contributed by atoms with van der Waals surface area (Å²) >= 11 is 6.81. The molecule has 6 nitrogen and oxygen atoms in total. The minimum absolute atomic E-state index is 0.00386. The molecule has 2 aliphatic rings. The van der Waals surface area contributed by atoms with Crippen LogP contribution in [0.25, 0.3) is 0 Å². The molecule has 11 heteroatoms. The van der Waals surface area contributed by atoms with Crippen LogP contribution in [-0.4, -0.2) is 41.0 Å². The molecule has 0 saturated carbocycles. The van der Waals surface area contributed by atoms with Crippen molar-refractivity contribution in [2.24, 2.45) is 5.92 Å². The number of hydrogen-bond acceptors (Lipinski definition) is 4. The summed E-state index contributed by atoms with van der Waals surface area (Å²) in [5, 5.41) is 3.90. The Morgan fingerprint density at radius 1 is 1.12 bits per heavy atom. The van der Waals surface area contributed by atoms with Crippen molar-refractivity contribution in [1.29, 1.82) is 0 Å². The number of likely N-dealkylation sites (tertiary alicyclic amines) is 1. The molecule has 2 aromatic carbocycles. The lowest BCUT2D eigenvalue weighted by Crippen LogP contribution is -2.48. The normalized spacial score (nSPS) is 19.0. The number of rotatable bonds is 3. The summed E-state index contributed by atoms with van der Waals surface area (Å²) in [6.45, 7) is 0.550. The summed E-state index contributed by atoms with van der Waals surface area (Å²) < 4.78 is 39.1. The van der Waals surface area contributed by atoms with Crippen molar-refractivity contribution in [3.8, 4) is 0 Å². The van der Waals surface area contributed by atoms with Crippen molar-refractivity contribution in [3.63, 3.8) is 0 Å². The molecular formula is C22H19ClF3N3O3S. The van der Waals surface area contributed by atoms with Crippen LogP contribution in [0.15, 0.2) is 47.4 Å². The second kappa shape index (κ2) is 9.26. The molecule has 33 heavy (non-hydrogen) atoms. The van der Waals surface area contributed by atoms with E-state index in [2.05, 4.69) is 10.6 Å². The highest BCUT2D eigenvalue weighted by atomic mass is 35.5. The van der Waals surface area contributed by atoms with E-state index in [0.29, 0.717) is 18.5 Å². The Hall–Kier alpha value is -2.72. The molecule has 1 atom stereocenters. The number of thioether (sulfide) groups is 1. The summed E-state index contributed by atoms with van der Waals surface area (Å²) in [7, 11) is 0. The smallest absolute Gasteiger partial charge is 0.341 e. The van der Waals surface area contributed by atoms with E-state index in [0.717, 1.165) is 17.0 Å². The number of benzene rings is 2. The van der Waals surface area contributed by atoms with Crippen molar-refractivity contribution in [1.82, 2.24) is 4.90 Å². The number of hydrogen-bond donors (Lipinski definition) is 2. The Labute approximate surface area is 196 Å². The molecule has 2 heterocycles. The summed E-state index contributed by atoms with van der Waals surface area (Å²) in [4.78, 5) is 40.3. The molecule has 3 amide bonds. The van der Waals surface area contributed by atoms with Crippen LogP contribution < -0.4 is 10.6 Å². The predicted molar refractivity (Wildman–Crippen MR) is 119 cm³/mol. The Balaban J connectivity index is 1.35. The van der Waals surface area contributed by atoms with Crippen LogP contribution in [0.2, 0.25) is 5.02 Å². The molecule has 174 valence electrons. The van der Waals surface area contributed by atoms with E-state index in [4.69, 9.17) is 11.6 Å². The topological polar surface area (TPSA) is 78.5 Å². The SMILES string of the molecule is O=C(Nc1ccc(Cl)c(C(F)(F)F)c1)C1CCN(C(=O)[C@H]2Sc3ccccc3NC2=O)CC1. The van der Waals surface area contributed by atoms with Crippen LogP contribution in [0.4, 0.5) is 24.5 Å². The predicted octanol–water partition coefficient (Wildman–Crippen LogP) is 4.65. The zero-order valence-electron chi connectivity index (χ0n) is 17.1. The molecule has 0 aliphatic carbocycles. The molecule has 0 radical (unpaired) electrons. The molecule has 2 aromatic rings. The standard InChI is InChI=1S/C22H19ClF3N3O3S/c23-15-6-5-13(11-14(15)22(24,25)26)27-19(30)12-7-9-29(10-8-12)21(32)18-20(31)28-16-3-1-2-4-17(16)33-18/h1-6,11-12,18H,7-10H2,(H,27,30)(H,28,31)/t18-/m0/s1. The van der Waals surface area contributed by atoms with Gasteiger partial charge < -0.3 is 15.5 Å². The van der Waals surface area contributed by atoms with Crippen LogP contribution in [0.3, 0.4) is 0 Å². The molecule has 2 aliphatic heterocycles. The lowest BCUT2D eigenvalue weighted by Gasteiger charge is -2.34. The second-order valence-corrected chi connectivity index (χ2v) is 9.32. The third-order valence-corrected chi connectivity index (χ3v) is 7.16. The molecule has 2 N–H and O–H groups in total. The van der Waals surface area contributed by atoms with Gasteiger partial charge >= 0.3 is 6.18 Å². The summed E-state index contributed by atoms with van der Waals surface area (Å²) in [5.41, 5.74) is -0.348. The lowest BCUT2D eigenvalue weighted by molar-refractivity contribution is -0.137. The van der Waals surface area contributed by atoms with Gasteiger partial charge in [0.25, 0.3) is 0 Å². The van der Waals surface area contributed by atoms with Crippen molar-refractivity contribution in [2.45, 2.75) is 29.2 Å². The summed E-state index contributed by atoms with van der Waals surface area (Å²) in [5.74, 6) is -1.59. The first-order chi connectivity index (χ1) is 15.6. The number of alkyl halides is 3. The molecule has 0 unspecified atom stereocenters. The average molecular weight is 498 g/mol. The third-order valence-electron chi connectivity index (χ3n) is 5.57. The summed E-state index contributed by atoms with van der Waals surface area (Å²) in [6.07, 6.45) is -3.95. The largest absolute Gasteiger partial charge is 0.417 e. The van der Waals surface area contributed by atoms with Gasteiger partial charge in [0.2, 0.25) is 17.7 Å². The van der Waals surface area contributed by atoms with Crippen LogP contribution in [-0.2, 0) is 20.6 Å². The Morgan fingerprint density at radius 2 is 1.82 bits per heavy atom. The van der Waals surface area contributed by atoms with Gasteiger partial charge in [-0.3, -0.25) is 14.4 Å². The first-order valence-corrected chi connectivity index (χ1v) is 11.4. The molecule has 1 saturated heterocycles. The van der Waals surface area contributed by atoms with Gasteiger partial charge in [-0.25, -0.2) is 0 Å². The Kier molecular flexibility index (Phi) is 6.58. The first kappa shape index (κ1) is 23.4. The Bertz CT molecular complexity index is 1100. The van der Waals surface area contributed by atoms with Gasteiger partial charge in [-0.2, -0.15) is 13.2 Å². The second-order valence-electron chi connectivity index (χ2n) is 7.76. The van der Waals surface area contributed by atoms with Crippen LogP contribution in [0.5, 0.6) is 0 Å². The van der Waals surface area contributed by atoms with Crippen LogP contribution in [0, 0.1) is 5.92 Å². The number of fused-ring (bicyclic) bond motifs is 1. The quantitative estimate of drug-likeness (QED) is 0.605. The monoisotopic (exact) mass is 497 g/mol. The van der Waals surface area contributed by atoms with Gasteiger partial charge in [-0.15, -0.1) is 11.8 Å². The van der Waals surface area contributed by atoms with Gasteiger partial charge in [0, 0.05) is 29.6 Å². The fraction of sp³-hybridized carbons (Fsp3) is 0.318. The van der Waals surface area contributed by atoms with E-state index in [-0.39, 0.29) is 30.6 Å². The van der Waals surface area contributed by atoms with Gasteiger partial charge in [0.15, 0.2) is 5.25 Å². The molecule has 1 fully saturated rings. The van der Waals surface area contributed by atoms with E-state index < -0.39 is 33.8 Å². The number of halogens is 4. The van der Waals surface area contributed by atoms with Gasteiger partial charge in [0.05, 0.1) is 16.3 Å². The maximum absolute atomic E-state index is 13.0. The lowest BCUT2D eigenvalue weighted by atomic mass is 9.95. The number of anilines is 2. The van der Waals surface area contributed by atoms with E-state index in [1.54, 1.807) is 17.0 Å². The highest BCUT2D eigenvalue weighted by Gasteiger charge is 2.38. The molecular weight excluding hydrogens is 479 g/mol. The number of piperidine rings is 1. The minimum atomic E-state index is -4.63. The van der Waals surface area contributed by atoms with Gasteiger partial charge in [0.1, 0.15) is 0 Å². The van der Waals surface area contributed by atoms with Crippen molar-refractivity contribution in [2.75, 3.05) is 23.7 Å². The van der Waals surface area contributed by atoms with Crippen molar-refractivity contribution >= 4 is 52.5 Å². The minimum Gasteiger partial charge on any atom is -0.341 e. The molecule has 0 bridgehead atoms. The van der Waals surface area contributed by atoms with Crippen LogP contribution >= 0.6 is 23.4 Å². The first-order valence-electron chi connectivity index (χ1n) is 10.2. The van der Waals surface area contributed by atoms with E-state index in [1.807, 2.05) is 12.1 Å². The number of amides is 3. The number of para-hydroxylation sites is 1. The van der Waals surface area contributed by atoms with E-state index in [1.165, 1.54) is 17.8 Å². The molecule has 4 rings (SSSR count). The number of nitrogens with one attached hydrogen (secondary N) is 2. The Morgan fingerprint density at radius 3 is 2.52 bits per heavy atom. The zero-order valence-corrected chi connectivity index (χ0v) is 18.7. The van der Waals surface area contributed by atoms with Gasteiger partial charge in [-0.1, -0.05) is 23.7 Å². The highest BCUT2D eigenvalue weighted by Crippen LogP contribution is 2.38. The molecule has 0 spiro atoms. The van der Waals surface area contributed by atoms with E-state index >= 15 is 0 Å². The summed E-state index contributed by atoms with van der Waals surface area (Å²) in [6, 6.07) is 10.4. The number of carbonyl (C=O) groups is 3. The third kappa shape index (κ3) is 5.11. The molecule has 0 aromatic heterocycles. The number of carbonyl (C=O) groups excluding carboxylic acids is 3. The van der Waals surface area contributed by atoms with Crippen LogP contribution in [0.1, 0.15) is 18.4 Å². The number of nitrogens with zero attached hydrogens (tertiary/aromatic N) is 1. The highest BCUT2D eigenvalue weighted by molar-refractivity contribution is 8.01. The van der Waals surface area contributed by atoms with E-state index in [9.17, 15) is 27.6 Å². The van der Waals surface area contributed by atoms with Crippen molar-refractivity contribution in [3.05, 3.63) is 53.1 Å². The fourth-order valence-corrected chi connectivity index (χ4v) is 5.10. The fourth-order valence-electron chi connectivity index (χ4n) is 3.81. The maximum Gasteiger partial charge on any atom is 0.417 e. The zero-order chi connectivity index (χ0) is 23.8. The van der Waals surface area contributed by atoms with Gasteiger partial charge in [-0.05, 0) is 43.2 Å². The van der Waals surface area contributed by atoms with Crippen molar-refractivity contribution < 1.29 is 27.6 Å².